The molecule has 0 radical (unpaired) electrons. The Balaban J connectivity index is 2.73. The van der Waals surface area contributed by atoms with Gasteiger partial charge in [0.25, 0.3) is 0 Å². The first-order valence-electron chi connectivity index (χ1n) is 5.33. The second-order valence-electron chi connectivity index (χ2n) is 4.42. The first-order chi connectivity index (χ1) is 6.99. The maximum Gasteiger partial charge on any atom is 0.409 e. The van der Waals surface area contributed by atoms with E-state index in [1.54, 1.807) is 7.05 Å². The number of carbonyl (C=O) groups is 2. The highest BCUT2D eigenvalue weighted by Gasteiger charge is 2.41. The molecule has 0 bridgehead atoms. The lowest BCUT2D eigenvalue weighted by molar-refractivity contribution is -0.127. The van der Waals surface area contributed by atoms with Gasteiger partial charge in [-0.3, -0.25) is 4.79 Å². The van der Waals surface area contributed by atoms with Gasteiger partial charge in [0, 0.05) is 13.0 Å². The van der Waals surface area contributed by atoms with Gasteiger partial charge in [-0.2, -0.15) is 0 Å². The number of methoxy groups -OCH3 is 1. The van der Waals surface area contributed by atoms with E-state index >= 15 is 0 Å². The van der Waals surface area contributed by atoms with Crippen molar-refractivity contribution >= 4 is 11.9 Å². The smallest absolute Gasteiger partial charge is 0.409 e. The van der Waals surface area contributed by atoms with E-state index in [0.717, 1.165) is 12.8 Å². The zero-order chi connectivity index (χ0) is 11.6. The van der Waals surface area contributed by atoms with Gasteiger partial charge in [-0.25, -0.2) is 4.79 Å². The third-order valence-corrected chi connectivity index (χ3v) is 2.81. The summed E-state index contributed by atoms with van der Waals surface area (Å²) < 4.78 is 4.64. The number of carbonyl (C=O) groups excluding carboxylic acids is 2. The highest BCUT2D eigenvalue weighted by molar-refractivity contribution is 5.89. The summed E-state index contributed by atoms with van der Waals surface area (Å²) >= 11 is 0. The topological polar surface area (TPSA) is 46.6 Å². The number of nitrogens with zero attached hydrogens (tertiary/aromatic N) is 1. The minimum Gasteiger partial charge on any atom is -0.453 e. The molecule has 86 valence electrons. The van der Waals surface area contributed by atoms with Crippen LogP contribution < -0.4 is 0 Å². The van der Waals surface area contributed by atoms with Crippen LogP contribution in [0.3, 0.4) is 0 Å². The van der Waals surface area contributed by atoms with Crippen LogP contribution >= 0.6 is 0 Å². The molecular weight excluding hydrogens is 194 g/mol. The van der Waals surface area contributed by atoms with E-state index < -0.39 is 6.09 Å². The zero-order valence-corrected chi connectivity index (χ0v) is 9.82. The van der Waals surface area contributed by atoms with Crippen molar-refractivity contribution in [1.29, 1.82) is 0 Å². The van der Waals surface area contributed by atoms with E-state index in [4.69, 9.17) is 0 Å². The monoisotopic (exact) mass is 213 g/mol. The molecule has 1 atom stereocenters. The van der Waals surface area contributed by atoms with Gasteiger partial charge in [0.05, 0.1) is 13.2 Å². The van der Waals surface area contributed by atoms with Crippen molar-refractivity contribution in [3.8, 4) is 0 Å². The molecule has 1 unspecified atom stereocenters. The predicted octanol–water partition coefficient (Wildman–Crippen LogP) is 1.69. The quantitative estimate of drug-likeness (QED) is 0.714. The van der Waals surface area contributed by atoms with Gasteiger partial charge < -0.3 is 9.64 Å². The molecule has 0 saturated heterocycles. The van der Waals surface area contributed by atoms with E-state index in [2.05, 4.69) is 4.74 Å². The SMILES string of the molecule is COC(=O)N(C)C(C(=O)C(C)C)C1CC1. The van der Waals surface area contributed by atoms with Crippen LogP contribution in [0.15, 0.2) is 0 Å². The molecule has 0 N–H and O–H groups in total. The van der Waals surface area contributed by atoms with Gasteiger partial charge in [-0.05, 0) is 18.8 Å². The summed E-state index contributed by atoms with van der Waals surface area (Å²) in [5.74, 6) is 0.428. The molecule has 1 amide bonds. The number of Topliss-reactive ketones (excluding diaryl/α,β-unsaturated/α-hetero) is 1. The third-order valence-electron chi connectivity index (χ3n) is 2.81. The van der Waals surface area contributed by atoms with Crippen molar-refractivity contribution in [2.75, 3.05) is 14.2 Å². The molecule has 0 heterocycles. The molecule has 1 aliphatic rings. The molecule has 1 saturated carbocycles. The molecule has 0 aromatic heterocycles. The summed E-state index contributed by atoms with van der Waals surface area (Å²) in [5, 5.41) is 0. The van der Waals surface area contributed by atoms with E-state index in [9.17, 15) is 9.59 Å². The first kappa shape index (κ1) is 12.0. The van der Waals surface area contributed by atoms with Gasteiger partial charge in [-0.1, -0.05) is 13.8 Å². The zero-order valence-electron chi connectivity index (χ0n) is 9.82. The Kier molecular flexibility index (Phi) is 3.72. The fraction of sp³-hybridized carbons (Fsp3) is 0.818. The Morgan fingerprint density at radius 1 is 1.33 bits per heavy atom. The van der Waals surface area contributed by atoms with Crippen LogP contribution in [0.2, 0.25) is 0 Å². The fourth-order valence-corrected chi connectivity index (χ4v) is 1.75. The lowest BCUT2D eigenvalue weighted by atomic mass is 9.97. The van der Waals surface area contributed by atoms with Crippen LogP contribution in [-0.2, 0) is 9.53 Å². The fourth-order valence-electron chi connectivity index (χ4n) is 1.75. The Bertz CT molecular complexity index is 259. The summed E-state index contributed by atoms with van der Waals surface area (Å²) in [6, 6.07) is -0.294. The summed E-state index contributed by atoms with van der Waals surface area (Å²) in [7, 11) is 2.97. The van der Waals surface area contributed by atoms with Gasteiger partial charge in [0.1, 0.15) is 0 Å². The number of amides is 1. The molecule has 4 nitrogen and oxygen atoms in total. The highest BCUT2D eigenvalue weighted by atomic mass is 16.5. The van der Waals surface area contributed by atoms with Crippen molar-refractivity contribution in [2.45, 2.75) is 32.7 Å². The van der Waals surface area contributed by atoms with Crippen molar-refractivity contribution in [1.82, 2.24) is 4.90 Å². The molecule has 1 fully saturated rings. The average molecular weight is 213 g/mol. The molecule has 0 aromatic carbocycles. The normalized spacial score (nSPS) is 17.4. The number of hydrogen-bond acceptors (Lipinski definition) is 3. The molecule has 0 spiro atoms. The van der Waals surface area contributed by atoms with Crippen LogP contribution in [0.4, 0.5) is 4.79 Å². The number of ether oxygens (including phenoxy) is 1. The van der Waals surface area contributed by atoms with Crippen LogP contribution in [-0.4, -0.2) is 37.0 Å². The predicted molar refractivity (Wildman–Crippen MR) is 56.5 cm³/mol. The number of rotatable bonds is 4. The third kappa shape index (κ3) is 2.70. The molecule has 1 rings (SSSR count). The summed E-state index contributed by atoms with van der Waals surface area (Å²) in [6.45, 7) is 3.73. The van der Waals surface area contributed by atoms with E-state index in [1.807, 2.05) is 13.8 Å². The van der Waals surface area contributed by atoms with Crippen LogP contribution in [0.1, 0.15) is 26.7 Å². The summed E-state index contributed by atoms with van der Waals surface area (Å²) in [6.07, 6.45) is 1.63. The number of likely N-dealkylation sites (N-methyl/N-ethyl adjacent to an activating group) is 1. The van der Waals surface area contributed by atoms with E-state index in [-0.39, 0.29) is 17.7 Å². The standard InChI is InChI=1S/C11H19NO3/c1-7(2)10(13)9(8-5-6-8)12(3)11(14)15-4/h7-9H,5-6H2,1-4H3. The van der Waals surface area contributed by atoms with Gasteiger partial charge in [0.2, 0.25) is 0 Å². The van der Waals surface area contributed by atoms with Crippen molar-refractivity contribution < 1.29 is 14.3 Å². The van der Waals surface area contributed by atoms with Crippen LogP contribution in [0, 0.1) is 11.8 Å². The van der Waals surface area contributed by atoms with E-state index in [0.29, 0.717) is 5.92 Å². The lowest BCUT2D eigenvalue weighted by Gasteiger charge is -2.27. The maximum absolute atomic E-state index is 11.9. The van der Waals surface area contributed by atoms with Gasteiger partial charge in [-0.15, -0.1) is 0 Å². The Morgan fingerprint density at radius 2 is 1.87 bits per heavy atom. The second-order valence-corrected chi connectivity index (χ2v) is 4.42. The first-order valence-corrected chi connectivity index (χ1v) is 5.33. The molecular formula is C11H19NO3. The Morgan fingerprint density at radius 3 is 2.20 bits per heavy atom. The minimum atomic E-state index is -0.430. The second kappa shape index (κ2) is 4.64. The van der Waals surface area contributed by atoms with Crippen molar-refractivity contribution in [3.63, 3.8) is 0 Å². The molecule has 15 heavy (non-hydrogen) atoms. The summed E-state index contributed by atoms with van der Waals surface area (Å²) in [5.41, 5.74) is 0. The molecule has 4 heteroatoms. The average Bonchev–Trinajstić information content (AvgIpc) is 3.00. The molecule has 0 aliphatic heterocycles. The molecule has 0 aromatic rings. The summed E-state index contributed by atoms with van der Waals surface area (Å²) in [4.78, 5) is 24.7. The Hall–Kier alpha value is -1.06. The van der Waals surface area contributed by atoms with Crippen LogP contribution in [0.25, 0.3) is 0 Å². The lowest BCUT2D eigenvalue weighted by Crippen LogP contribution is -2.45. The highest BCUT2D eigenvalue weighted by Crippen LogP contribution is 2.36. The Labute approximate surface area is 90.6 Å². The number of hydrogen-bond donors (Lipinski definition) is 0. The number of ketones is 1. The van der Waals surface area contributed by atoms with Gasteiger partial charge in [0.15, 0.2) is 5.78 Å². The maximum atomic E-state index is 11.9. The molecule has 1 aliphatic carbocycles. The largest absolute Gasteiger partial charge is 0.453 e. The minimum absolute atomic E-state index is 0.0392. The van der Waals surface area contributed by atoms with E-state index in [1.165, 1.54) is 12.0 Å². The van der Waals surface area contributed by atoms with Crippen molar-refractivity contribution in [2.24, 2.45) is 11.8 Å². The van der Waals surface area contributed by atoms with Gasteiger partial charge >= 0.3 is 6.09 Å². The van der Waals surface area contributed by atoms with Crippen molar-refractivity contribution in [3.05, 3.63) is 0 Å². The van der Waals surface area contributed by atoms with Crippen LogP contribution in [0.5, 0.6) is 0 Å².